The Hall–Kier alpha value is -2.53. The topological polar surface area (TPSA) is 69.4 Å². The van der Waals surface area contributed by atoms with Crippen LogP contribution in [0.15, 0.2) is 54.6 Å². The number of Topliss-reactive ketones (excluding diaryl/α,β-unsaturated/α-hetero) is 1. The standard InChI is InChI=1S/C21H21NO4/c23-18(15-8-2-1-3-9-15)14-19-16-10-4-5-11-17(16)20(26-19)21(22(24)25)12-6-7-13-21/h1-5,8-11,19-20H,6-7,12-14H2. The van der Waals surface area contributed by atoms with Crippen LogP contribution < -0.4 is 0 Å². The number of fused-ring (bicyclic) bond motifs is 1. The van der Waals surface area contributed by atoms with Crippen LogP contribution >= 0.6 is 0 Å². The van der Waals surface area contributed by atoms with Crippen molar-refractivity contribution < 1.29 is 14.5 Å². The van der Waals surface area contributed by atoms with Gasteiger partial charge in [-0.05, 0) is 24.0 Å². The number of nitrogens with zero attached hydrogens (tertiary/aromatic N) is 1. The Labute approximate surface area is 152 Å². The molecule has 0 amide bonds. The van der Waals surface area contributed by atoms with Gasteiger partial charge in [-0.1, -0.05) is 54.6 Å². The van der Waals surface area contributed by atoms with E-state index in [0.29, 0.717) is 18.4 Å². The number of carbonyl (C=O) groups is 1. The van der Waals surface area contributed by atoms with Gasteiger partial charge in [-0.15, -0.1) is 0 Å². The van der Waals surface area contributed by atoms with E-state index in [1.165, 1.54) is 0 Å². The molecule has 5 heteroatoms. The summed E-state index contributed by atoms with van der Waals surface area (Å²) in [6.07, 6.45) is 1.93. The van der Waals surface area contributed by atoms with Crippen molar-refractivity contribution in [3.63, 3.8) is 0 Å². The largest absolute Gasteiger partial charge is 0.358 e. The maximum Gasteiger partial charge on any atom is 0.252 e. The summed E-state index contributed by atoms with van der Waals surface area (Å²) in [6, 6.07) is 16.7. The molecule has 0 radical (unpaired) electrons. The summed E-state index contributed by atoms with van der Waals surface area (Å²) in [5, 5.41) is 11.9. The molecule has 0 N–H and O–H groups in total. The summed E-state index contributed by atoms with van der Waals surface area (Å²) in [6.45, 7) is 0. The second kappa shape index (κ2) is 6.65. The molecule has 26 heavy (non-hydrogen) atoms. The Kier molecular flexibility index (Phi) is 4.32. The Morgan fingerprint density at radius 1 is 1.04 bits per heavy atom. The molecule has 2 aromatic carbocycles. The highest BCUT2D eigenvalue weighted by Crippen LogP contribution is 2.52. The van der Waals surface area contributed by atoms with Crippen LogP contribution in [0.2, 0.25) is 0 Å². The molecule has 0 aromatic heterocycles. The summed E-state index contributed by atoms with van der Waals surface area (Å²) in [4.78, 5) is 24.4. The third-order valence-corrected chi connectivity index (χ3v) is 5.71. The van der Waals surface area contributed by atoms with E-state index in [1.54, 1.807) is 12.1 Å². The Bertz CT molecular complexity index is 827. The van der Waals surface area contributed by atoms with Crippen molar-refractivity contribution in [2.75, 3.05) is 0 Å². The number of carbonyl (C=O) groups excluding carboxylic acids is 1. The predicted octanol–water partition coefficient (Wildman–Crippen LogP) is 4.66. The first kappa shape index (κ1) is 16.9. The molecule has 1 fully saturated rings. The highest BCUT2D eigenvalue weighted by atomic mass is 16.6. The fourth-order valence-electron chi connectivity index (χ4n) is 4.37. The Morgan fingerprint density at radius 2 is 1.65 bits per heavy atom. The van der Waals surface area contributed by atoms with Gasteiger partial charge in [0.1, 0.15) is 0 Å². The molecule has 0 saturated heterocycles. The van der Waals surface area contributed by atoms with Gasteiger partial charge in [0.05, 0.1) is 6.10 Å². The predicted molar refractivity (Wildman–Crippen MR) is 96.6 cm³/mol. The average molecular weight is 351 g/mol. The third-order valence-electron chi connectivity index (χ3n) is 5.71. The van der Waals surface area contributed by atoms with Gasteiger partial charge >= 0.3 is 0 Å². The van der Waals surface area contributed by atoms with Crippen LogP contribution in [0, 0.1) is 10.1 Å². The molecule has 4 rings (SSSR count). The van der Waals surface area contributed by atoms with Crippen molar-refractivity contribution in [3.8, 4) is 0 Å². The first-order valence-corrected chi connectivity index (χ1v) is 9.09. The number of benzene rings is 2. The first-order valence-electron chi connectivity index (χ1n) is 9.09. The lowest BCUT2D eigenvalue weighted by molar-refractivity contribution is -0.584. The quantitative estimate of drug-likeness (QED) is 0.446. The van der Waals surface area contributed by atoms with Gasteiger partial charge < -0.3 is 4.74 Å². The smallest absolute Gasteiger partial charge is 0.252 e. The van der Waals surface area contributed by atoms with E-state index in [9.17, 15) is 14.9 Å². The summed E-state index contributed by atoms with van der Waals surface area (Å²) in [5.41, 5.74) is 1.36. The molecule has 1 saturated carbocycles. The number of nitro groups is 1. The summed E-state index contributed by atoms with van der Waals surface area (Å²) < 4.78 is 6.21. The maximum absolute atomic E-state index is 12.6. The highest BCUT2D eigenvalue weighted by Gasteiger charge is 2.57. The van der Waals surface area contributed by atoms with Crippen LogP contribution in [0.1, 0.15) is 65.8 Å². The van der Waals surface area contributed by atoms with E-state index >= 15 is 0 Å². The number of hydrogen-bond donors (Lipinski definition) is 0. The van der Waals surface area contributed by atoms with Crippen LogP contribution in [0.4, 0.5) is 0 Å². The van der Waals surface area contributed by atoms with Gasteiger partial charge in [-0.2, -0.15) is 0 Å². The van der Waals surface area contributed by atoms with Gasteiger partial charge in [0, 0.05) is 29.7 Å². The summed E-state index contributed by atoms with van der Waals surface area (Å²) in [7, 11) is 0. The van der Waals surface area contributed by atoms with E-state index in [4.69, 9.17) is 4.74 Å². The molecule has 2 aliphatic rings. The molecule has 2 aromatic rings. The van der Waals surface area contributed by atoms with E-state index in [1.807, 2.05) is 42.5 Å². The minimum Gasteiger partial charge on any atom is -0.358 e. The SMILES string of the molecule is O=C(CC1OC(C2([N+](=O)[O-])CCCC2)c2ccccc21)c1ccccc1. The monoisotopic (exact) mass is 351 g/mol. The lowest BCUT2D eigenvalue weighted by Gasteiger charge is -2.27. The second-order valence-corrected chi connectivity index (χ2v) is 7.19. The van der Waals surface area contributed by atoms with E-state index in [2.05, 4.69) is 0 Å². The molecule has 0 bridgehead atoms. The summed E-state index contributed by atoms with van der Waals surface area (Å²) in [5.74, 6) is -0.00683. The molecule has 2 unspecified atom stereocenters. The van der Waals surface area contributed by atoms with Crippen LogP contribution in [-0.4, -0.2) is 16.2 Å². The van der Waals surface area contributed by atoms with Crippen LogP contribution in [-0.2, 0) is 4.74 Å². The van der Waals surface area contributed by atoms with Gasteiger partial charge in [0.2, 0.25) is 0 Å². The zero-order chi connectivity index (χ0) is 18.1. The number of hydrogen-bond acceptors (Lipinski definition) is 4. The second-order valence-electron chi connectivity index (χ2n) is 7.19. The molecule has 1 aliphatic heterocycles. The zero-order valence-corrected chi connectivity index (χ0v) is 14.5. The van der Waals surface area contributed by atoms with Gasteiger partial charge in [0.15, 0.2) is 11.9 Å². The first-order chi connectivity index (χ1) is 12.6. The van der Waals surface area contributed by atoms with Crippen molar-refractivity contribution >= 4 is 5.78 Å². The van der Waals surface area contributed by atoms with Crippen molar-refractivity contribution in [1.82, 2.24) is 0 Å². The zero-order valence-electron chi connectivity index (χ0n) is 14.5. The van der Waals surface area contributed by atoms with Gasteiger partial charge in [0.25, 0.3) is 5.54 Å². The molecule has 0 spiro atoms. The normalized spacial score (nSPS) is 23.5. The van der Waals surface area contributed by atoms with Crippen molar-refractivity contribution in [2.45, 2.75) is 49.9 Å². The molecule has 134 valence electrons. The van der Waals surface area contributed by atoms with Crippen LogP contribution in [0.5, 0.6) is 0 Å². The maximum atomic E-state index is 12.6. The minimum atomic E-state index is -1.07. The Morgan fingerprint density at radius 3 is 2.31 bits per heavy atom. The summed E-state index contributed by atoms with van der Waals surface area (Å²) >= 11 is 0. The lowest BCUT2D eigenvalue weighted by Crippen LogP contribution is -2.41. The molecule has 1 aliphatic carbocycles. The van der Waals surface area contributed by atoms with Crippen molar-refractivity contribution in [3.05, 3.63) is 81.4 Å². The molecule has 2 atom stereocenters. The van der Waals surface area contributed by atoms with Crippen LogP contribution in [0.3, 0.4) is 0 Å². The lowest BCUT2D eigenvalue weighted by atomic mass is 9.85. The molecular formula is C21H21NO4. The van der Waals surface area contributed by atoms with Gasteiger partial charge in [-0.25, -0.2) is 0 Å². The van der Waals surface area contributed by atoms with Crippen molar-refractivity contribution in [2.24, 2.45) is 0 Å². The molecule has 1 heterocycles. The highest BCUT2D eigenvalue weighted by molar-refractivity contribution is 5.96. The van der Waals surface area contributed by atoms with E-state index < -0.39 is 17.7 Å². The van der Waals surface area contributed by atoms with E-state index in [0.717, 1.165) is 24.0 Å². The van der Waals surface area contributed by atoms with Crippen molar-refractivity contribution in [1.29, 1.82) is 0 Å². The number of ketones is 1. The minimum absolute atomic E-state index is 0.00683. The number of rotatable bonds is 5. The van der Waals surface area contributed by atoms with E-state index in [-0.39, 0.29) is 17.1 Å². The molecular weight excluding hydrogens is 330 g/mol. The Balaban J connectivity index is 1.65. The fraction of sp³-hybridized carbons (Fsp3) is 0.381. The molecule has 5 nitrogen and oxygen atoms in total. The number of ether oxygens (including phenoxy) is 1. The third kappa shape index (κ3) is 2.72. The van der Waals surface area contributed by atoms with Gasteiger partial charge in [-0.3, -0.25) is 14.9 Å². The van der Waals surface area contributed by atoms with Crippen LogP contribution in [0.25, 0.3) is 0 Å². The average Bonchev–Trinajstić information content (AvgIpc) is 3.29. The fourth-order valence-corrected chi connectivity index (χ4v) is 4.37.